The van der Waals surface area contributed by atoms with Gasteiger partial charge in [-0.2, -0.15) is 5.10 Å². The zero-order valence-corrected chi connectivity index (χ0v) is 12.5. The van der Waals surface area contributed by atoms with Crippen molar-refractivity contribution >= 4 is 11.9 Å². The summed E-state index contributed by atoms with van der Waals surface area (Å²) in [6.07, 6.45) is 2.01. The van der Waals surface area contributed by atoms with Crippen LogP contribution in [0.2, 0.25) is 0 Å². The fourth-order valence-corrected chi connectivity index (χ4v) is 2.12. The minimum absolute atomic E-state index is 0.0481. The summed E-state index contributed by atoms with van der Waals surface area (Å²) in [5.41, 5.74) is 2.42. The van der Waals surface area contributed by atoms with Crippen molar-refractivity contribution in [1.82, 2.24) is 15.1 Å². The first-order chi connectivity index (χ1) is 10.6. The first-order valence-electron chi connectivity index (χ1n) is 7.14. The van der Waals surface area contributed by atoms with Crippen molar-refractivity contribution in [2.45, 2.75) is 26.3 Å². The minimum Gasteiger partial charge on any atom is -0.481 e. The molecule has 2 rings (SSSR count). The van der Waals surface area contributed by atoms with Crippen molar-refractivity contribution in [3.63, 3.8) is 0 Å². The number of rotatable bonds is 7. The molecule has 1 aromatic heterocycles. The van der Waals surface area contributed by atoms with E-state index in [9.17, 15) is 9.59 Å². The van der Waals surface area contributed by atoms with Gasteiger partial charge >= 0.3 is 5.97 Å². The third kappa shape index (κ3) is 4.18. The summed E-state index contributed by atoms with van der Waals surface area (Å²) in [6, 6.07) is 9.89. The third-order valence-corrected chi connectivity index (χ3v) is 3.38. The fourth-order valence-electron chi connectivity index (χ4n) is 2.12. The molecule has 0 aliphatic heterocycles. The normalized spacial score (nSPS) is 10.4. The van der Waals surface area contributed by atoms with Crippen LogP contribution in [-0.2, 0) is 11.3 Å². The molecular formula is C16H19N3O3. The maximum Gasteiger partial charge on any atom is 0.303 e. The molecule has 6 heteroatoms. The Kier molecular flexibility index (Phi) is 5.30. The number of aliphatic carboxylic acids is 1. The van der Waals surface area contributed by atoms with E-state index in [0.29, 0.717) is 25.1 Å². The molecule has 0 bridgehead atoms. The molecule has 0 atom stereocenters. The Morgan fingerprint density at radius 3 is 2.68 bits per heavy atom. The molecule has 6 nitrogen and oxygen atoms in total. The van der Waals surface area contributed by atoms with E-state index in [1.54, 1.807) is 10.9 Å². The zero-order valence-electron chi connectivity index (χ0n) is 12.5. The number of carbonyl (C=O) groups excluding carboxylic acids is 1. The maximum atomic E-state index is 12.1. The van der Waals surface area contributed by atoms with Crippen LogP contribution in [0, 0.1) is 6.92 Å². The fraction of sp³-hybridized carbons (Fsp3) is 0.312. The molecule has 0 saturated heterocycles. The molecule has 0 unspecified atom stereocenters. The summed E-state index contributed by atoms with van der Waals surface area (Å²) in [6.45, 7) is 2.80. The van der Waals surface area contributed by atoms with Gasteiger partial charge in [-0.05, 0) is 18.9 Å². The van der Waals surface area contributed by atoms with Crippen molar-refractivity contribution < 1.29 is 14.7 Å². The van der Waals surface area contributed by atoms with Crippen molar-refractivity contribution in [2.24, 2.45) is 0 Å². The van der Waals surface area contributed by atoms with Gasteiger partial charge in [-0.3, -0.25) is 14.3 Å². The van der Waals surface area contributed by atoms with E-state index in [4.69, 9.17) is 5.11 Å². The molecule has 1 heterocycles. The Morgan fingerprint density at radius 2 is 2.00 bits per heavy atom. The number of nitrogens with zero attached hydrogens (tertiary/aromatic N) is 2. The van der Waals surface area contributed by atoms with Crippen molar-refractivity contribution in [3.05, 3.63) is 53.3 Å². The van der Waals surface area contributed by atoms with Crippen molar-refractivity contribution in [1.29, 1.82) is 0 Å². The van der Waals surface area contributed by atoms with Gasteiger partial charge in [0.15, 0.2) is 0 Å². The monoisotopic (exact) mass is 301 g/mol. The highest BCUT2D eigenvalue weighted by molar-refractivity contribution is 5.95. The summed E-state index contributed by atoms with van der Waals surface area (Å²) < 4.78 is 1.78. The molecular weight excluding hydrogens is 282 g/mol. The van der Waals surface area contributed by atoms with Gasteiger partial charge in [-0.1, -0.05) is 30.3 Å². The third-order valence-electron chi connectivity index (χ3n) is 3.38. The SMILES string of the molecule is Cc1c(C(=O)NCCCC(=O)O)cnn1Cc1ccccc1. The van der Waals surface area contributed by atoms with Crippen LogP contribution < -0.4 is 5.32 Å². The highest BCUT2D eigenvalue weighted by Gasteiger charge is 2.14. The second kappa shape index (κ2) is 7.40. The lowest BCUT2D eigenvalue weighted by Gasteiger charge is -2.06. The Balaban J connectivity index is 1.95. The van der Waals surface area contributed by atoms with E-state index >= 15 is 0 Å². The molecule has 0 radical (unpaired) electrons. The summed E-state index contributed by atoms with van der Waals surface area (Å²) >= 11 is 0. The number of hydrogen-bond donors (Lipinski definition) is 2. The van der Waals surface area contributed by atoms with Gasteiger partial charge in [0.1, 0.15) is 0 Å². The van der Waals surface area contributed by atoms with Crippen LogP contribution in [0.4, 0.5) is 0 Å². The van der Waals surface area contributed by atoms with Crippen molar-refractivity contribution in [2.75, 3.05) is 6.54 Å². The molecule has 1 aromatic carbocycles. The number of carbonyl (C=O) groups is 2. The van der Waals surface area contributed by atoms with Gasteiger partial charge in [0.2, 0.25) is 0 Å². The number of amides is 1. The number of nitrogens with one attached hydrogen (secondary N) is 1. The van der Waals surface area contributed by atoms with Crippen LogP contribution in [-0.4, -0.2) is 33.3 Å². The first kappa shape index (κ1) is 15.8. The quantitative estimate of drug-likeness (QED) is 0.764. The largest absolute Gasteiger partial charge is 0.481 e. The van der Waals surface area contributed by atoms with E-state index in [1.165, 1.54) is 0 Å². The molecule has 0 spiro atoms. The average molecular weight is 301 g/mol. The number of carboxylic acid groups (broad SMARTS) is 1. The highest BCUT2D eigenvalue weighted by Crippen LogP contribution is 2.10. The van der Waals surface area contributed by atoms with E-state index in [0.717, 1.165) is 11.3 Å². The molecule has 0 aliphatic rings. The predicted molar refractivity (Wildman–Crippen MR) is 81.7 cm³/mol. The lowest BCUT2D eigenvalue weighted by Crippen LogP contribution is -2.25. The first-order valence-corrected chi connectivity index (χ1v) is 7.14. The van der Waals surface area contributed by atoms with Crippen molar-refractivity contribution in [3.8, 4) is 0 Å². The molecule has 0 aliphatic carbocycles. The van der Waals surface area contributed by atoms with E-state index in [-0.39, 0.29) is 12.3 Å². The van der Waals surface area contributed by atoms with Crippen LogP contribution in [0.1, 0.15) is 34.5 Å². The maximum absolute atomic E-state index is 12.1. The zero-order chi connectivity index (χ0) is 15.9. The minimum atomic E-state index is -0.860. The summed E-state index contributed by atoms with van der Waals surface area (Å²) in [4.78, 5) is 22.5. The lowest BCUT2D eigenvalue weighted by atomic mass is 10.2. The number of benzene rings is 1. The van der Waals surface area contributed by atoms with E-state index in [1.807, 2.05) is 37.3 Å². The lowest BCUT2D eigenvalue weighted by molar-refractivity contribution is -0.137. The van der Waals surface area contributed by atoms with Crippen LogP contribution in [0.3, 0.4) is 0 Å². The van der Waals surface area contributed by atoms with Gasteiger partial charge in [0, 0.05) is 18.7 Å². The molecule has 22 heavy (non-hydrogen) atoms. The average Bonchev–Trinajstić information content (AvgIpc) is 2.86. The molecule has 2 aromatic rings. The Morgan fingerprint density at radius 1 is 1.27 bits per heavy atom. The number of carboxylic acids is 1. The molecule has 1 amide bonds. The molecule has 116 valence electrons. The van der Waals surface area contributed by atoms with Crippen LogP contribution in [0.5, 0.6) is 0 Å². The van der Waals surface area contributed by atoms with Crippen LogP contribution >= 0.6 is 0 Å². The predicted octanol–water partition coefficient (Wildman–Crippen LogP) is 1.83. The highest BCUT2D eigenvalue weighted by atomic mass is 16.4. The van der Waals surface area contributed by atoms with E-state index < -0.39 is 5.97 Å². The Labute approximate surface area is 128 Å². The Hall–Kier alpha value is -2.63. The Bertz CT molecular complexity index is 650. The smallest absolute Gasteiger partial charge is 0.303 e. The van der Waals surface area contributed by atoms with Gasteiger partial charge in [-0.15, -0.1) is 0 Å². The second-order valence-electron chi connectivity index (χ2n) is 5.04. The summed E-state index contributed by atoms with van der Waals surface area (Å²) in [7, 11) is 0. The topological polar surface area (TPSA) is 84.2 Å². The standard InChI is InChI=1S/C16H19N3O3/c1-12-14(16(22)17-9-5-8-15(20)21)10-18-19(12)11-13-6-3-2-4-7-13/h2-4,6-7,10H,5,8-9,11H2,1H3,(H,17,22)(H,20,21). The summed E-state index contributed by atoms with van der Waals surface area (Å²) in [5, 5.41) is 15.5. The molecule has 0 fully saturated rings. The summed E-state index contributed by atoms with van der Waals surface area (Å²) in [5.74, 6) is -1.08. The molecule has 0 saturated carbocycles. The second-order valence-corrected chi connectivity index (χ2v) is 5.04. The number of aromatic nitrogens is 2. The van der Waals surface area contributed by atoms with Gasteiger partial charge in [0.25, 0.3) is 5.91 Å². The van der Waals surface area contributed by atoms with Gasteiger partial charge in [-0.25, -0.2) is 0 Å². The van der Waals surface area contributed by atoms with E-state index in [2.05, 4.69) is 10.4 Å². The van der Waals surface area contributed by atoms with Crippen LogP contribution in [0.25, 0.3) is 0 Å². The van der Waals surface area contributed by atoms with Gasteiger partial charge in [0.05, 0.1) is 18.3 Å². The van der Waals surface area contributed by atoms with Gasteiger partial charge < -0.3 is 10.4 Å². The van der Waals surface area contributed by atoms with Crippen LogP contribution in [0.15, 0.2) is 36.5 Å². The molecule has 2 N–H and O–H groups in total. The number of hydrogen-bond acceptors (Lipinski definition) is 3.